The summed E-state index contributed by atoms with van der Waals surface area (Å²) in [5, 5.41) is 0. The molecule has 4 heterocycles. The molecule has 150 valence electrons. The van der Waals surface area contributed by atoms with Gasteiger partial charge in [0, 0.05) is 70.9 Å². The van der Waals surface area contributed by atoms with Gasteiger partial charge in [-0.05, 0) is 12.1 Å². The zero-order chi connectivity index (χ0) is 19.6. The van der Waals surface area contributed by atoms with Crippen LogP contribution in [0.4, 0.5) is 24.8 Å². The molecule has 0 saturated carbocycles. The Morgan fingerprint density at radius 1 is 0.893 bits per heavy atom. The molecule has 2 aliphatic rings. The maximum Gasteiger partial charge on any atom is 0.251 e. The summed E-state index contributed by atoms with van der Waals surface area (Å²) in [4.78, 5) is 18.9. The fourth-order valence-electron chi connectivity index (χ4n) is 3.63. The van der Waals surface area contributed by atoms with E-state index in [1.807, 2.05) is 11.0 Å². The number of hydrogen-bond acceptors (Lipinski definition) is 6. The van der Waals surface area contributed by atoms with Crippen molar-refractivity contribution < 1.29 is 13.2 Å². The number of rotatable bonds is 4. The molecule has 0 unspecified atom stereocenters. The topological polar surface area (TPSA) is 48.4 Å². The van der Waals surface area contributed by atoms with Gasteiger partial charge in [0.15, 0.2) is 0 Å². The Labute approximate surface area is 162 Å². The highest BCUT2D eigenvalue weighted by atomic mass is 19.3. The summed E-state index contributed by atoms with van der Waals surface area (Å²) < 4.78 is 40.5. The number of piperidine rings is 1. The second-order valence-corrected chi connectivity index (χ2v) is 7.27. The van der Waals surface area contributed by atoms with E-state index in [4.69, 9.17) is 0 Å². The molecule has 9 heteroatoms. The summed E-state index contributed by atoms with van der Waals surface area (Å²) in [6.45, 7) is 4.12. The first kappa shape index (κ1) is 18.9. The molecule has 0 radical (unpaired) electrons. The van der Waals surface area contributed by atoms with Crippen LogP contribution in [-0.2, 0) is 6.54 Å². The summed E-state index contributed by atoms with van der Waals surface area (Å²) in [7, 11) is 0. The summed E-state index contributed by atoms with van der Waals surface area (Å²) in [6, 6.07) is 4.89. The Hall–Kier alpha value is -2.42. The van der Waals surface area contributed by atoms with Gasteiger partial charge in [-0.1, -0.05) is 0 Å². The molecule has 0 aromatic carbocycles. The van der Waals surface area contributed by atoms with Crippen LogP contribution in [0.1, 0.15) is 18.5 Å². The van der Waals surface area contributed by atoms with Crippen LogP contribution < -0.4 is 9.80 Å². The van der Waals surface area contributed by atoms with Crippen molar-refractivity contribution in [3.63, 3.8) is 0 Å². The number of nitrogens with zero attached hydrogens (tertiary/aromatic N) is 6. The van der Waals surface area contributed by atoms with E-state index in [9.17, 15) is 13.2 Å². The maximum atomic E-state index is 13.8. The van der Waals surface area contributed by atoms with Crippen LogP contribution >= 0.6 is 0 Å². The Morgan fingerprint density at radius 3 is 2.18 bits per heavy atom. The number of hydrogen-bond donors (Lipinski definition) is 0. The van der Waals surface area contributed by atoms with E-state index in [-0.39, 0.29) is 18.7 Å². The monoisotopic (exact) mass is 392 g/mol. The molecule has 2 aromatic heterocycles. The Bertz CT molecular complexity index is 800. The molecule has 0 amide bonds. The lowest BCUT2D eigenvalue weighted by atomic mass is 10.1. The van der Waals surface area contributed by atoms with Crippen molar-refractivity contribution in [1.29, 1.82) is 0 Å². The van der Waals surface area contributed by atoms with Crippen molar-refractivity contribution in [3.8, 4) is 0 Å². The molecule has 2 aliphatic heterocycles. The van der Waals surface area contributed by atoms with E-state index in [0.29, 0.717) is 31.1 Å². The molecule has 2 saturated heterocycles. The average Bonchev–Trinajstić information content (AvgIpc) is 2.70. The van der Waals surface area contributed by atoms with Crippen LogP contribution in [0.5, 0.6) is 0 Å². The molecule has 0 bridgehead atoms. The average molecular weight is 392 g/mol. The van der Waals surface area contributed by atoms with Gasteiger partial charge >= 0.3 is 0 Å². The van der Waals surface area contributed by atoms with Crippen molar-refractivity contribution in [2.75, 3.05) is 49.1 Å². The SMILES string of the molecule is Fc1cccnc1CN1CCN(c2cc(N3CCC(F)(F)CC3)ncn2)CC1. The van der Waals surface area contributed by atoms with Gasteiger partial charge in [0.25, 0.3) is 5.92 Å². The highest BCUT2D eigenvalue weighted by molar-refractivity contribution is 5.50. The summed E-state index contributed by atoms with van der Waals surface area (Å²) in [5.41, 5.74) is 0.460. The predicted octanol–water partition coefficient (Wildman–Crippen LogP) is 2.57. The molecule has 0 aliphatic carbocycles. The molecule has 0 spiro atoms. The highest BCUT2D eigenvalue weighted by Gasteiger charge is 2.34. The summed E-state index contributed by atoms with van der Waals surface area (Å²) >= 11 is 0. The number of aromatic nitrogens is 3. The van der Waals surface area contributed by atoms with Crippen LogP contribution in [-0.4, -0.2) is 65.0 Å². The second-order valence-electron chi connectivity index (χ2n) is 7.27. The predicted molar refractivity (Wildman–Crippen MR) is 100 cm³/mol. The van der Waals surface area contributed by atoms with E-state index in [1.165, 1.54) is 12.4 Å². The van der Waals surface area contributed by atoms with Crippen LogP contribution in [0, 0.1) is 5.82 Å². The van der Waals surface area contributed by atoms with E-state index in [1.54, 1.807) is 12.3 Å². The third-order valence-corrected chi connectivity index (χ3v) is 5.36. The first-order chi connectivity index (χ1) is 13.5. The minimum absolute atomic E-state index is 0.144. The van der Waals surface area contributed by atoms with Crippen molar-refractivity contribution >= 4 is 11.6 Å². The first-order valence-electron chi connectivity index (χ1n) is 9.52. The molecular formula is C19H23F3N6. The van der Waals surface area contributed by atoms with Gasteiger partial charge in [-0.3, -0.25) is 9.88 Å². The van der Waals surface area contributed by atoms with E-state index < -0.39 is 5.92 Å². The molecule has 2 fully saturated rings. The van der Waals surface area contributed by atoms with Crippen LogP contribution in [0.2, 0.25) is 0 Å². The van der Waals surface area contributed by atoms with E-state index in [0.717, 1.165) is 32.0 Å². The van der Waals surface area contributed by atoms with Crippen LogP contribution in [0.25, 0.3) is 0 Å². The van der Waals surface area contributed by atoms with Gasteiger partial charge in [0.2, 0.25) is 0 Å². The molecule has 2 aromatic rings. The Balaban J connectivity index is 1.35. The third-order valence-electron chi connectivity index (χ3n) is 5.36. The maximum absolute atomic E-state index is 13.8. The molecule has 0 N–H and O–H groups in total. The smallest absolute Gasteiger partial charge is 0.251 e. The summed E-state index contributed by atoms with van der Waals surface area (Å²) in [5.74, 6) is -1.36. The minimum atomic E-state index is -2.57. The molecular weight excluding hydrogens is 369 g/mol. The van der Waals surface area contributed by atoms with Crippen molar-refractivity contribution in [2.24, 2.45) is 0 Å². The molecule has 0 atom stereocenters. The van der Waals surface area contributed by atoms with Gasteiger partial charge < -0.3 is 9.80 Å². The standard InChI is InChI=1S/C19H23F3N6/c20-15-2-1-5-23-16(15)13-26-8-10-28(11-9-26)18-12-17(24-14-25-18)27-6-3-19(21,22)4-7-27/h1-2,5,12,14H,3-4,6-11,13H2. The number of halogens is 3. The second kappa shape index (κ2) is 7.90. The number of piperazine rings is 1. The zero-order valence-electron chi connectivity index (χ0n) is 15.6. The highest BCUT2D eigenvalue weighted by Crippen LogP contribution is 2.30. The minimum Gasteiger partial charge on any atom is -0.356 e. The lowest BCUT2D eigenvalue weighted by Crippen LogP contribution is -2.46. The van der Waals surface area contributed by atoms with Crippen molar-refractivity contribution in [1.82, 2.24) is 19.9 Å². The molecule has 28 heavy (non-hydrogen) atoms. The Morgan fingerprint density at radius 2 is 1.54 bits per heavy atom. The fourth-order valence-corrected chi connectivity index (χ4v) is 3.63. The van der Waals surface area contributed by atoms with E-state index in [2.05, 4.69) is 24.8 Å². The third kappa shape index (κ3) is 4.35. The van der Waals surface area contributed by atoms with Gasteiger partial charge in [-0.15, -0.1) is 0 Å². The van der Waals surface area contributed by atoms with E-state index >= 15 is 0 Å². The summed E-state index contributed by atoms with van der Waals surface area (Å²) in [6.07, 6.45) is 2.81. The van der Waals surface area contributed by atoms with Gasteiger partial charge in [-0.25, -0.2) is 23.1 Å². The fraction of sp³-hybridized carbons (Fsp3) is 0.526. The van der Waals surface area contributed by atoms with Crippen molar-refractivity contribution in [2.45, 2.75) is 25.3 Å². The van der Waals surface area contributed by atoms with Gasteiger partial charge in [-0.2, -0.15) is 0 Å². The van der Waals surface area contributed by atoms with Crippen LogP contribution in [0.3, 0.4) is 0 Å². The normalized spacial score (nSPS) is 20.4. The zero-order valence-corrected chi connectivity index (χ0v) is 15.6. The number of anilines is 2. The lowest BCUT2D eigenvalue weighted by molar-refractivity contribution is -0.0221. The molecule has 6 nitrogen and oxygen atoms in total. The van der Waals surface area contributed by atoms with Gasteiger partial charge in [0.05, 0.1) is 5.69 Å². The number of alkyl halides is 2. The van der Waals surface area contributed by atoms with Gasteiger partial charge in [0.1, 0.15) is 23.8 Å². The Kier molecular flexibility index (Phi) is 5.34. The molecule has 4 rings (SSSR count). The van der Waals surface area contributed by atoms with Crippen LogP contribution in [0.15, 0.2) is 30.7 Å². The number of pyridine rings is 1. The first-order valence-corrected chi connectivity index (χ1v) is 9.52. The quantitative estimate of drug-likeness (QED) is 0.797. The lowest BCUT2D eigenvalue weighted by Gasteiger charge is -2.36. The largest absolute Gasteiger partial charge is 0.356 e. The van der Waals surface area contributed by atoms with Crippen molar-refractivity contribution in [3.05, 3.63) is 42.2 Å².